The van der Waals surface area contributed by atoms with Gasteiger partial charge in [0.2, 0.25) is 5.91 Å². The van der Waals surface area contributed by atoms with E-state index in [4.69, 9.17) is 0 Å². The van der Waals surface area contributed by atoms with Crippen LogP contribution < -0.4 is 5.32 Å². The second-order valence-electron chi connectivity index (χ2n) is 8.14. The number of aromatic nitrogens is 2. The fourth-order valence-electron chi connectivity index (χ4n) is 4.25. The summed E-state index contributed by atoms with van der Waals surface area (Å²) in [4.78, 5) is 36.2. The standard InChI is InChI=1S/C20H31N5O3/c1-15-18(12-21-14-22-15)19(27)25-8-3-6-20(28,7-11-25)13-24-9-4-17(5-10-24)23-16(2)26/h12,14,17,28H,3-11,13H2,1-2H3,(H,23,26)/t20-/m0/s1. The molecule has 8 nitrogen and oxygen atoms in total. The molecule has 3 heterocycles. The Balaban J connectivity index is 1.53. The molecule has 3 rings (SSSR count). The number of aryl methyl sites for hydroxylation is 1. The maximum Gasteiger partial charge on any atom is 0.257 e. The van der Waals surface area contributed by atoms with E-state index in [1.165, 1.54) is 6.33 Å². The molecule has 1 aromatic rings. The number of nitrogens with zero attached hydrogens (tertiary/aromatic N) is 4. The molecule has 2 fully saturated rings. The molecule has 2 saturated heterocycles. The molecule has 0 radical (unpaired) electrons. The van der Waals surface area contributed by atoms with Crippen LogP contribution in [0.25, 0.3) is 0 Å². The highest BCUT2D eigenvalue weighted by atomic mass is 16.3. The number of hydrogen-bond acceptors (Lipinski definition) is 6. The fourth-order valence-corrected chi connectivity index (χ4v) is 4.25. The van der Waals surface area contributed by atoms with Crippen molar-refractivity contribution in [3.63, 3.8) is 0 Å². The Kier molecular flexibility index (Phi) is 6.61. The molecule has 8 heteroatoms. The smallest absolute Gasteiger partial charge is 0.257 e. The summed E-state index contributed by atoms with van der Waals surface area (Å²) in [5.41, 5.74) is 0.438. The van der Waals surface area contributed by atoms with Crippen molar-refractivity contribution in [2.45, 2.75) is 57.6 Å². The molecule has 0 spiro atoms. The minimum atomic E-state index is -0.780. The van der Waals surface area contributed by atoms with Crippen molar-refractivity contribution in [3.05, 3.63) is 23.8 Å². The number of rotatable bonds is 4. The van der Waals surface area contributed by atoms with E-state index in [0.717, 1.165) is 32.4 Å². The molecule has 0 aliphatic carbocycles. The van der Waals surface area contributed by atoms with Gasteiger partial charge in [-0.1, -0.05) is 0 Å². The number of β-amino-alcohol motifs (C(OH)–C–C–N with tert-alkyl or cyclic N) is 1. The van der Waals surface area contributed by atoms with Crippen LogP contribution in [0, 0.1) is 6.92 Å². The van der Waals surface area contributed by atoms with Crippen LogP contribution >= 0.6 is 0 Å². The Labute approximate surface area is 166 Å². The average molecular weight is 390 g/mol. The van der Waals surface area contributed by atoms with Crippen LogP contribution in [0.1, 0.15) is 55.1 Å². The first-order valence-electron chi connectivity index (χ1n) is 10.1. The van der Waals surface area contributed by atoms with Crippen molar-refractivity contribution in [2.24, 2.45) is 0 Å². The summed E-state index contributed by atoms with van der Waals surface area (Å²) < 4.78 is 0. The number of carbonyl (C=O) groups excluding carboxylic acids is 2. The van der Waals surface area contributed by atoms with Crippen molar-refractivity contribution in [1.82, 2.24) is 25.1 Å². The number of likely N-dealkylation sites (tertiary alicyclic amines) is 2. The molecule has 0 unspecified atom stereocenters. The molecule has 0 aromatic carbocycles. The molecule has 1 aromatic heterocycles. The highest BCUT2D eigenvalue weighted by Crippen LogP contribution is 2.26. The first-order valence-corrected chi connectivity index (χ1v) is 10.1. The molecule has 2 amide bonds. The van der Waals surface area contributed by atoms with Crippen LogP contribution in [0.15, 0.2) is 12.5 Å². The molecule has 154 valence electrons. The lowest BCUT2D eigenvalue weighted by Crippen LogP contribution is -2.50. The summed E-state index contributed by atoms with van der Waals surface area (Å²) in [5, 5.41) is 14.1. The van der Waals surface area contributed by atoms with Crippen LogP contribution in [0.4, 0.5) is 0 Å². The van der Waals surface area contributed by atoms with E-state index in [-0.39, 0.29) is 17.9 Å². The molecular weight excluding hydrogens is 358 g/mol. The summed E-state index contributed by atoms with van der Waals surface area (Å²) in [6.07, 6.45) is 6.87. The Hall–Kier alpha value is -2.06. The molecule has 1 atom stereocenters. The van der Waals surface area contributed by atoms with Gasteiger partial charge in [0.15, 0.2) is 0 Å². The summed E-state index contributed by atoms with van der Waals surface area (Å²) in [5.74, 6) is -0.0388. The molecule has 0 saturated carbocycles. The summed E-state index contributed by atoms with van der Waals surface area (Å²) in [6.45, 7) is 6.90. The Bertz CT molecular complexity index is 705. The lowest BCUT2D eigenvalue weighted by molar-refractivity contribution is -0.120. The molecule has 0 bridgehead atoms. The van der Waals surface area contributed by atoms with Crippen molar-refractivity contribution in [2.75, 3.05) is 32.7 Å². The van der Waals surface area contributed by atoms with E-state index in [0.29, 0.717) is 43.7 Å². The third kappa shape index (κ3) is 5.26. The van der Waals surface area contributed by atoms with Crippen molar-refractivity contribution in [1.29, 1.82) is 0 Å². The maximum absolute atomic E-state index is 12.8. The Morgan fingerprint density at radius 1 is 1.25 bits per heavy atom. The topological polar surface area (TPSA) is 98.7 Å². The molecule has 28 heavy (non-hydrogen) atoms. The van der Waals surface area contributed by atoms with Gasteiger partial charge in [-0.05, 0) is 39.0 Å². The van der Waals surface area contributed by atoms with Gasteiger partial charge in [-0.2, -0.15) is 0 Å². The number of amides is 2. The van der Waals surface area contributed by atoms with E-state index in [9.17, 15) is 14.7 Å². The second-order valence-corrected chi connectivity index (χ2v) is 8.14. The zero-order valence-corrected chi connectivity index (χ0v) is 16.9. The average Bonchev–Trinajstić information content (AvgIpc) is 2.85. The van der Waals surface area contributed by atoms with Crippen LogP contribution in [0.5, 0.6) is 0 Å². The van der Waals surface area contributed by atoms with Gasteiger partial charge < -0.3 is 20.2 Å². The lowest BCUT2D eigenvalue weighted by Gasteiger charge is -2.38. The quantitative estimate of drug-likeness (QED) is 0.788. The van der Waals surface area contributed by atoms with Crippen LogP contribution in [-0.4, -0.2) is 81.1 Å². The molecule has 2 aliphatic rings. The number of carbonyl (C=O) groups is 2. The minimum absolute atomic E-state index is 0.0182. The van der Waals surface area contributed by atoms with E-state index < -0.39 is 5.60 Å². The number of piperidine rings is 1. The third-order valence-corrected chi connectivity index (χ3v) is 5.86. The van der Waals surface area contributed by atoms with E-state index in [2.05, 4.69) is 20.2 Å². The van der Waals surface area contributed by atoms with Crippen molar-refractivity contribution in [3.8, 4) is 0 Å². The zero-order chi connectivity index (χ0) is 20.1. The predicted octanol–water partition coefficient (Wildman–Crippen LogP) is 0.743. The van der Waals surface area contributed by atoms with Gasteiger partial charge in [0, 0.05) is 51.9 Å². The van der Waals surface area contributed by atoms with Crippen molar-refractivity contribution >= 4 is 11.8 Å². The van der Waals surface area contributed by atoms with E-state index in [1.807, 2.05) is 11.8 Å². The van der Waals surface area contributed by atoms with Gasteiger partial charge in [-0.25, -0.2) is 9.97 Å². The number of nitrogens with one attached hydrogen (secondary N) is 1. The van der Waals surface area contributed by atoms with Crippen LogP contribution in [-0.2, 0) is 4.79 Å². The number of aliphatic hydroxyl groups is 1. The van der Waals surface area contributed by atoms with Gasteiger partial charge in [0.05, 0.1) is 16.9 Å². The van der Waals surface area contributed by atoms with E-state index in [1.54, 1.807) is 13.1 Å². The van der Waals surface area contributed by atoms with Crippen LogP contribution in [0.2, 0.25) is 0 Å². The van der Waals surface area contributed by atoms with Gasteiger partial charge >= 0.3 is 0 Å². The number of hydrogen-bond donors (Lipinski definition) is 2. The van der Waals surface area contributed by atoms with Gasteiger partial charge in [0.25, 0.3) is 5.91 Å². The summed E-state index contributed by atoms with van der Waals surface area (Å²) in [7, 11) is 0. The van der Waals surface area contributed by atoms with Gasteiger partial charge in [-0.3, -0.25) is 9.59 Å². The molecule has 2 N–H and O–H groups in total. The monoisotopic (exact) mass is 389 g/mol. The molecular formula is C20H31N5O3. The first-order chi connectivity index (χ1) is 13.4. The normalized spacial score (nSPS) is 24.6. The Morgan fingerprint density at radius 3 is 2.68 bits per heavy atom. The van der Waals surface area contributed by atoms with Gasteiger partial charge in [-0.15, -0.1) is 0 Å². The first kappa shape index (κ1) is 20.7. The zero-order valence-electron chi connectivity index (χ0n) is 16.9. The highest BCUT2D eigenvalue weighted by molar-refractivity contribution is 5.94. The minimum Gasteiger partial charge on any atom is -0.388 e. The lowest BCUT2D eigenvalue weighted by atomic mass is 9.93. The summed E-state index contributed by atoms with van der Waals surface area (Å²) >= 11 is 0. The van der Waals surface area contributed by atoms with Crippen molar-refractivity contribution < 1.29 is 14.7 Å². The second kappa shape index (κ2) is 8.96. The third-order valence-electron chi connectivity index (χ3n) is 5.86. The van der Waals surface area contributed by atoms with E-state index >= 15 is 0 Å². The molecule has 2 aliphatic heterocycles. The Morgan fingerprint density at radius 2 is 2.00 bits per heavy atom. The maximum atomic E-state index is 12.8. The summed E-state index contributed by atoms with van der Waals surface area (Å²) in [6, 6.07) is 0.238. The van der Waals surface area contributed by atoms with Crippen LogP contribution in [0.3, 0.4) is 0 Å². The predicted molar refractivity (Wildman–Crippen MR) is 105 cm³/mol. The largest absolute Gasteiger partial charge is 0.388 e. The highest BCUT2D eigenvalue weighted by Gasteiger charge is 2.34. The SMILES string of the molecule is CC(=O)NC1CCN(C[C@]2(O)CCCN(C(=O)c3cncnc3C)CC2)CC1. The fraction of sp³-hybridized carbons (Fsp3) is 0.700. The van der Waals surface area contributed by atoms with Gasteiger partial charge in [0.1, 0.15) is 6.33 Å².